The molecule has 0 bridgehead atoms. The molecule has 7 heteroatoms. The van der Waals surface area contributed by atoms with Crippen LogP contribution in [0.2, 0.25) is 0 Å². The number of hydrogen-bond donors (Lipinski definition) is 2. The summed E-state index contributed by atoms with van der Waals surface area (Å²) >= 11 is 0. The summed E-state index contributed by atoms with van der Waals surface area (Å²) in [6, 6.07) is 0. The van der Waals surface area contributed by atoms with Crippen LogP contribution in [0.15, 0.2) is 0 Å². The van der Waals surface area contributed by atoms with Crippen molar-refractivity contribution in [3.8, 4) is 0 Å². The van der Waals surface area contributed by atoms with E-state index in [1.807, 2.05) is 0 Å². The van der Waals surface area contributed by atoms with Gasteiger partial charge in [0.25, 0.3) is 0 Å². The Labute approximate surface area is 126 Å². The summed E-state index contributed by atoms with van der Waals surface area (Å²) in [6.45, 7) is 4.12. The molecule has 1 aliphatic heterocycles. The first-order valence-electron chi connectivity index (χ1n) is 7.30. The molecule has 0 aromatic carbocycles. The normalized spacial score (nSPS) is 18.0. The zero-order valence-corrected chi connectivity index (χ0v) is 12.8. The summed E-state index contributed by atoms with van der Waals surface area (Å²) in [5, 5.41) is 16.6. The van der Waals surface area contributed by atoms with Crippen LogP contribution in [0.25, 0.3) is 0 Å². The molecule has 1 unspecified atom stereocenters. The van der Waals surface area contributed by atoms with Crippen molar-refractivity contribution in [2.75, 3.05) is 52.9 Å². The Kier molecular flexibility index (Phi) is 15.4. The predicted octanol–water partition coefficient (Wildman–Crippen LogP) is 0.123. The number of hydrogen-bond acceptors (Lipinski definition) is 7. The SMILES string of the molecule is CC(=O)COCCO.OCCOCCOC1CCCCO1. The smallest absolute Gasteiger partial charge is 0.157 e. The van der Waals surface area contributed by atoms with Crippen LogP contribution in [0.3, 0.4) is 0 Å². The van der Waals surface area contributed by atoms with E-state index in [2.05, 4.69) is 4.74 Å². The van der Waals surface area contributed by atoms with Crippen molar-refractivity contribution >= 4 is 5.78 Å². The molecule has 0 aromatic rings. The number of ether oxygens (including phenoxy) is 4. The Morgan fingerprint density at radius 1 is 1.10 bits per heavy atom. The van der Waals surface area contributed by atoms with Crippen LogP contribution in [0, 0.1) is 0 Å². The van der Waals surface area contributed by atoms with Crippen LogP contribution in [0.1, 0.15) is 26.2 Å². The van der Waals surface area contributed by atoms with Crippen molar-refractivity contribution in [1.29, 1.82) is 0 Å². The minimum absolute atomic E-state index is 0.0153. The fraction of sp³-hybridized carbons (Fsp3) is 0.929. The van der Waals surface area contributed by atoms with E-state index in [1.165, 1.54) is 13.3 Å². The Bertz CT molecular complexity index is 229. The molecule has 7 nitrogen and oxygen atoms in total. The van der Waals surface area contributed by atoms with Crippen molar-refractivity contribution < 1.29 is 34.0 Å². The second kappa shape index (κ2) is 15.8. The van der Waals surface area contributed by atoms with Gasteiger partial charge >= 0.3 is 0 Å². The quantitative estimate of drug-likeness (QED) is 0.554. The van der Waals surface area contributed by atoms with Gasteiger partial charge < -0.3 is 29.2 Å². The maximum absolute atomic E-state index is 10.1. The second-order valence-electron chi connectivity index (χ2n) is 4.48. The first-order chi connectivity index (χ1) is 10.2. The first kappa shape index (κ1) is 20.4. The van der Waals surface area contributed by atoms with Gasteiger partial charge in [0.2, 0.25) is 0 Å². The minimum atomic E-state index is -0.0357. The zero-order chi connectivity index (χ0) is 15.8. The lowest BCUT2D eigenvalue weighted by atomic mass is 10.2. The van der Waals surface area contributed by atoms with E-state index in [9.17, 15) is 4.79 Å². The molecule has 1 saturated heterocycles. The van der Waals surface area contributed by atoms with Gasteiger partial charge in [-0.1, -0.05) is 0 Å². The molecule has 1 atom stereocenters. The van der Waals surface area contributed by atoms with Gasteiger partial charge in [0, 0.05) is 6.61 Å². The van der Waals surface area contributed by atoms with E-state index in [0.717, 1.165) is 19.4 Å². The molecule has 1 fully saturated rings. The summed E-state index contributed by atoms with van der Waals surface area (Å²) in [5.74, 6) is -0.0153. The average Bonchev–Trinajstić information content (AvgIpc) is 2.49. The summed E-state index contributed by atoms with van der Waals surface area (Å²) in [7, 11) is 0. The van der Waals surface area contributed by atoms with Crippen molar-refractivity contribution in [2.24, 2.45) is 0 Å². The van der Waals surface area contributed by atoms with Gasteiger partial charge in [-0.3, -0.25) is 4.79 Å². The molecule has 1 aliphatic rings. The third-order valence-electron chi connectivity index (χ3n) is 2.45. The number of carbonyl (C=O) groups excluding carboxylic acids is 1. The fourth-order valence-electron chi connectivity index (χ4n) is 1.53. The van der Waals surface area contributed by atoms with E-state index in [0.29, 0.717) is 19.8 Å². The van der Waals surface area contributed by atoms with Crippen molar-refractivity contribution in [1.82, 2.24) is 0 Å². The second-order valence-corrected chi connectivity index (χ2v) is 4.48. The summed E-state index contributed by atoms with van der Waals surface area (Å²) in [6.07, 6.45) is 3.27. The lowest BCUT2D eigenvalue weighted by Gasteiger charge is -2.22. The molecule has 0 radical (unpaired) electrons. The number of aliphatic hydroxyl groups excluding tert-OH is 2. The van der Waals surface area contributed by atoms with Crippen LogP contribution in [-0.4, -0.2) is 75.1 Å². The molecular weight excluding hydrogens is 280 g/mol. The Hall–Kier alpha value is -0.570. The van der Waals surface area contributed by atoms with E-state index in [1.54, 1.807) is 0 Å². The lowest BCUT2D eigenvalue weighted by Crippen LogP contribution is -2.24. The van der Waals surface area contributed by atoms with Crippen molar-refractivity contribution in [3.05, 3.63) is 0 Å². The lowest BCUT2D eigenvalue weighted by molar-refractivity contribution is -0.169. The molecule has 126 valence electrons. The van der Waals surface area contributed by atoms with Crippen LogP contribution in [0.4, 0.5) is 0 Å². The number of ketones is 1. The van der Waals surface area contributed by atoms with Gasteiger partial charge in [-0.15, -0.1) is 0 Å². The average molecular weight is 308 g/mol. The van der Waals surface area contributed by atoms with Gasteiger partial charge in [-0.2, -0.15) is 0 Å². The highest BCUT2D eigenvalue weighted by molar-refractivity contribution is 5.76. The monoisotopic (exact) mass is 308 g/mol. The van der Waals surface area contributed by atoms with Crippen LogP contribution in [0.5, 0.6) is 0 Å². The molecule has 0 aliphatic carbocycles. The van der Waals surface area contributed by atoms with E-state index < -0.39 is 0 Å². The van der Waals surface area contributed by atoms with Crippen LogP contribution >= 0.6 is 0 Å². The number of rotatable bonds is 10. The molecule has 0 saturated carbocycles. The Balaban J connectivity index is 0.000000433. The number of carbonyl (C=O) groups is 1. The van der Waals surface area contributed by atoms with E-state index in [4.69, 9.17) is 24.4 Å². The first-order valence-corrected chi connectivity index (χ1v) is 7.30. The largest absolute Gasteiger partial charge is 0.394 e. The molecular formula is C14H28O7. The molecule has 21 heavy (non-hydrogen) atoms. The highest BCUT2D eigenvalue weighted by Gasteiger charge is 2.13. The van der Waals surface area contributed by atoms with Crippen molar-refractivity contribution in [2.45, 2.75) is 32.5 Å². The Morgan fingerprint density at radius 3 is 2.38 bits per heavy atom. The third kappa shape index (κ3) is 15.6. The fourth-order valence-corrected chi connectivity index (χ4v) is 1.53. The summed E-state index contributed by atoms with van der Waals surface area (Å²) in [4.78, 5) is 10.1. The standard InChI is InChI=1S/C9H18O4.C5H10O3/c10-4-6-11-7-8-13-9-3-1-2-5-12-9;1-5(7)4-8-3-2-6/h9-10H,1-8H2;6H,2-4H2,1H3. The topological polar surface area (TPSA) is 94.5 Å². The summed E-state index contributed by atoms with van der Waals surface area (Å²) < 4.78 is 20.4. The molecule has 0 aromatic heterocycles. The van der Waals surface area contributed by atoms with Crippen LogP contribution < -0.4 is 0 Å². The minimum Gasteiger partial charge on any atom is -0.394 e. The predicted molar refractivity (Wildman–Crippen MR) is 76.0 cm³/mol. The van der Waals surface area contributed by atoms with Gasteiger partial charge in [0.05, 0.1) is 39.6 Å². The van der Waals surface area contributed by atoms with Crippen molar-refractivity contribution in [3.63, 3.8) is 0 Å². The van der Waals surface area contributed by atoms with E-state index >= 15 is 0 Å². The number of Topliss-reactive ketones (excluding diaryl/α,β-unsaturated/α-hetero) is 1. The molecule has 0 spiro atoms. The van der Waals surface area contributed by atoms with Crippen LogP contribution in [-0.2, 0) is 23.7 Å². The third-order valence-corrected chi connectivity index (χ3v) is 2.45. The van der Waals surface area contributed by atoms with E-state index in [-0.39, 0.29) is 38.5 Å². The summed E-state index contributed by atoms with van der Waals surface area (Å²) in [5.41, 5.74) is 0. The molecule has 2 N–H and O–H groups in total. The number of aliphatic hydroxyl groups is 2. The zero-order valence-electron chi connectivity index (χ0n) is 12.8. The Morgan fingerprint density at radius 2 is 1.81 bits per heavy atom. The van der Waals surface area contributed by atoms with Gasteiger partial charge in [0.1, 0.15) is 6.61 Å². The molecule has 1 rings (SSSR count). The highest BCUT2D eigenvalue weighted by atomic mass is 16.7. The maximum atomic E-state index is 10.1. The van der Waals surface area contributed by atoms with Gasteiger partial charge in [-0.25, -0.2) is 0 Å². The maximum Gasteiger partial charge on any atom is 0.157 e. The van der Waals surface area contributed by atoms with Gasteiger partial charge in [0.15, 0.2) is 12.1 Å². The molecule has 1 heterocycles. The molecule has 0 amide bonds. The van der Waals surface area contributed by atoms with Gasteiger partial charge in [-0.05, 0) is 26.2 Å². The highest BCUT2D eigenvalue weighted by Crippen LogP contribution is 2.13.